The van der Waals surface area contributed by atoms with Gasteiger partial charge in [0.1, 0.15) is 0 Å². The SMILES string of the molecule is O=C(c1cnnc(-c2ccccc2)c1)N1CCC(CO)(c2ccccc2)C1. The second kappa shape index (κ2) is 7.29. The first-order valence-corrected chi connectivity index (χ1v) is 9.06. The molecule has 2 aromatic carbocycles. The predicted molar refractivity (Wildman–Crippen MR) is 103 cm³/mol. The lowest BCUT2D eigenvalue weighted by atomic mass is 9.80. The van der Waals surface area contributed by atoms with E-state index in [1.807, 2.05) is 60.7 Å². The number of carbonyl (C=O) groups is 1. The quantitative estimate of drug-likeness (QED) is 0.778. The van der Waals surface area contributed by atoms with E-state index in [9.17, 15) is 9.90 Å². The number of aliphatic hydroxyl groups is 1. The number of rotatable bonds is 4. The molecule has 0 aliphatic carbocycles. The first-order valence-electron chi connectivity index (χ1n) is 9.06. The van der Waals surface area contributed by atoms with E-state index in [4.69, 9.17) is 0 Å². The van der Waals surface area contributed by atoms with Crippen LogP contribution in [0.15, 0.2) is 72.9 Å². The topological polar surface area (TPSA) is 66.3 Å². The Kier molecular flexibility index (Phi) is 4.69. The number of hydrogen-bond acceptors (Lipinski definition) is 4. The van der Waals surface area contributed by atoms with Crippen molar-refractivity contribution in [2.24, 2.45) is 0 Å². The molecule has 1 aliphatic heterocycles. The van der Waals surface area contributed by atoms with E-state index < -0.39 is 5.41 Å². The second-order valence-corrected chi connectivity index (χ2v) is 6.98. The standard InChI is InChI=1S/C22H21N3O2/c26-16-22(19-9-5-2-6-10-19)11-12-25(15-22)21(27)18-13-20(24-23-14-18)17-7-3-1-4-8-17/h1-10,13-14,26H,11-12,15-16H2. The summed E-state index contributed by atoms with van der Waals surface area (Å²) in [4.78, 5) is 14.8. The van der Waals surface area contributed by atoms with Gasteiger partial charge in [-0.2, -0.15) is 10.2 Å². The van der Waals surface area contributed by atoms with E-state index in [0.717, 1.165) is 17.5 Å². The Morgan fingerprint density at radius 3 is 2.48 bits per heavy atom. The number of amides is 1. The molecule has 1 N–H and O–H groups in total. The van der Waals surface area contributed by atoms with Gasteiger partial charge in [-0.05, 0) is 18.1 Å². The molecule has 0 spiro atoms. The third-order valence-electron chi connectivity index (χ3n) is 5.30. The Hall–Kier alpha value is -3.05. The third kappa shape index (κ3) is 3.34. The van der Waals surface area contributed by atoms with Crippen molar-refractivity contribution in [1.29, 1.82) is 0 Å². The first kappa shape index (κ1) is 17.4. The highest BCUT2D eigenvalue weighted by molar-refractivity contribution is 5.95. The smallest absolute Gasteiger partial charge is 0.255 e. The van der Waals surface area contributed by atoms with Crippen molar-refractivity contribution in [1.82, 2.24) is 15.1 Å². The van der Waals surface area contributed by atoms with Crippen LogP contribution in [-0.4, -0.2) is 45.8 Å². The average Bonchev–Trinajstić information content (AvgIpc) is 3.20. The molecule has 136 valence electrons. The Bertz CT molecular complexity index is 931. The fourth-order valence-corrected chi connectivity index (χ4v) is 3.71. The molecule has 0 radical (unpaired) electrons. The van der Waals surface area contributed by atoms with Crippen LogP contribution in [0.25, 0.3) is 11.3 Å². The van der Waals surface area contributed by atoms with E-state index in [-0.39, 0.29) is 12.5 Å². The average molecular weight is 359 g/mol. The molecule has 1 aromatic heterocycles. The Morgan fingerprint density at radius 1 is 1.07 bits per heavy atom. The molecule has 1 saturated heterocycles. The van der Waals surface area contributed by atoms with Crippen LogP contribution in [0.4, 0.5) is 0 Å². The van der Waals surface area contributed by atoms with Crippen molar-refractivity contribution in [2.45, 2.75) is 11.8 Å². The molecule has 5 heteroatoms. The van der Waals surface area contributed by atoms with Crippen molar-refractivity contribution >= 4 is 5.91 Å². The lowest BCUT2D eigenvalue weighted by Gasteiger charge is -2.27. The zero-order valence-corrected chi connectivity index (χ0v) is 15.0. The molecular weight excluding hydrogens is 338 g/mol. The van der Waals surface area contributed by atoms with Gasteiger partial charge in [-0.1, -0.05) is 60.7 Å². The summed E-state index contributed by atoms with van der Waals surface area (Å²) in [6.07, 6.45) is 2.25. The zero-order valence-electron chi connectivity index (χ0n) is 15.0. The van der Waals surface area contributed by atoms with E-state index >= 15 is 0 Å². The number of aliphatic hydroxyl groups excluding tert-OH is 1. The highest BCUT2D eigenvalue weighted by Gasteiger charge is 2.41. The number of aromatic nitrogens is 2. The van der Waals surface area contributed by atoms with E-state index in [1.54, 1.807) is 11.0 Å². The summed E-state index contributed by atoms with van der Waals surface area (Å²) < 4.78 is 0. The molecule has 1 fully saturated rings. The summed E-state index contributed by atoms with van der Waals surface area (Å²) in [5, 5.41) is 18.2. The van der Waals surface area contributed by atoms with E-state index in [1.165, 1.54) is 6.20 Å². The van der Waals surface area contributed by atoms with Gasteiger partial charge in [-0.15, -0.1) is 0 Å². The van der Waals surface area contributed by atoms with Crippen molar-refractivity contribution in [3.63, 3.8) is 0 Å². The van der Waals surface area contributed by atoms with Gasteiger partial charge in [0.05, 0.1) is 24.1 Å². The van der Waals surface area contributed by atoms with Gasteiger partial charge >= 0.3 is 0 Å². The van der Waals surface area contributed by atoms with Gasteiger partial charge in [0.15, 0.2) is 0 Å². The van der Waals surface area contributed by atoms with Crippen molar-refractivity contribution in [2.75, 3.05) is 19.7 Å². The highest BCUT2D eigenvalue weighted by Crippen LogP contribution is 2.35. The summed E-state index contributed by atoms with van der Waals surface area (Å²) in [6.45, 7) is 1.12. The maximum absolute atomic E-state index is 13.0. The highest BCUT2D eigenvalue weighted by atomic mass is 16.3. The molecule has 2 heterocycles. The maximum Gasteiger partial charge on any atom is 0.255 e. The van der Waals surface area contributed by atoms with Crippen molar-refractivity contribution < 1.29 is 9.90 Å². The molecule has 0 bridgehead atoms. The minimum atomic E-state index is -0.403. The number of nitrogens with zero attached hydrogens (tertiary/aromatic N) is 3. The lowest BCUT2D eigenvalue weighted by Crippen LogP contribution is -2.37. The molecule has 1 unspecified atom stereocenters. The van der Waals surface area contributed by atoms with Crippen LogP contribution in [0.2, 0.25) is 0 Å². The monoisotopic (exact) mass is 359 g/mol. The molecule has 5 nitrogen and oxygen atoms in total. The van der Waals surface area contributed by atoms with Gasteiger partial charge < -0.3 is 10.0 Å². The minimum absolute atomic E-state index is 0.0185. The Balaban J connectivity index is 1.58. The summed E-state index contributed by atoms with van der Waals surface area (Å²) >= 11 is 0. The molecule has 3 aromatic rings. The summed E-state index contributed by atoms with van der Waals surface area (Å²) in [5.74, 6) is -0.0756. The zero-order chi connectivity index (χ0) is 18.7. The van der Waals surface area contributed by atoms with Crippen LogP contribution < -0.4 is 0 Å². The number of benzene rings is 2. The van der Waals surface area contributed by atoms with Gasteiger partial charge in [0.2, 0.25) is 0 Å². The normalized spacial score (nSPS) is 19.2. The molecular formula is C22H21N3O2. The second-order valence-electron chi connectivity index (χ2n) is 6.98. The summed E-state index contributed by atoms with van der Waals surface area (Å²) in [5.41, 5.74) is 2.79. The predicted octanol–water partition coefficient (Wildman–Crippen LogP) is 2.92. The van der Waals surface area contributed by atoms with Crippen LogP contribution >= 0.6 is 0 Å². The first-order chi connectivity index (χ1) is 13.2. The molecule has 0 saturated carbocycles. The Labute approximate surface area is 158 Å². The third-order valence-corrected chi connectivity index (χ3v) is 5.30. The van der Waals surface area contributed by atoms with Crippen molar-refractivity contribution in [3.8, 4) is 11.3 Å². The lowest BCUT2D eigenvalue weighted by molar-refractivity contribution is 0.0773. The van der Waals surface area contributed by atoms with E-state index in [2.05, 4.69) is 10.2 Å². The van der Waals surface area contributed by atoms with Gasteiger partial charge in [-0.3, -0.25) is 4.79 Å². The molecule has 1 atom stereocenters. The summed E-state index contributed by atoms with van der Waals surface area (Å²) in [7, 11) is 0. The van der Waals surface area contributed by atoms with E-state index in [0.29, 0.717) is 24.3 Å². The summed E-state index contributed by atoms with van der Waals surface area (Å²) in [6, 6.07) is 21.4. The van der Waals surface area contributed by atoms with Crippen LogP contribution in [0, 0.1) is 0 Å². The number of likely N-dealkylation sites (tertiary alicyclic amines) is 1. The van der Waals surface area contributed by atoms with Crippen LogP contribution in [-0.2, 0) is 5.41 Å². The maximum atomic E-state index is 13.0. The van der Waals surface area contributed by atoms with Gasteiger partial charge in [0, 0.05) is 24.1 Å². The van der Waals surface area contributed by atoms with Crippen LogP contribution in [0.1, 0.15) is 22.3 Å². The Morgan fingerprint density at radius 2 is 1.78 bits per heavy atom. The minimum Gasteiger partial charge on any atom is -0.395 e. The van der Waals surface area contributed by atoms with Crippen LogP contribution in [0.3, 0.4) is 0 Å². The molecule has 1 amide bonds. The number of hydrogen-bond donors (Lipinski definition) is 1. The van der Waals surface area contributed by atoms with Crippen molar-refractivity contribution in [3.05, 3.63) is 84.1 Å². The fraction of sp³-hybridized carbons (Fsp3) is 0.227. The molecule has 1 aliphatic rings. The molecule has 27 heavy (non-hydrogen) atoms. The fourth-order valence-electron chi connectivity index (χ4n) is 3.71. The van der Waals surface area contributed by atoms with Gasteiger partial charge in [-0.25, -0.2) is 0 Å². The largest absolute Gasteiger partial charge is 0.395 e. The molecule has 4 rings (SSSR count). The van der Waals surface area contributed by atoms with Gasteiger partial charge in [0.25, 0.3) is 5.91 Å². The number of carbonyl (C=O) groups excluding carboxylic acids is 1. The van der Waals surface area contributed by atoms with Crippen LogP contribution in [0.5, 0.6) is 0 Å².